The maximum Gasteiger partial charge on any atom is 0.310 e. The van der Waals surface area contributed by atoms with E-state index in [1.807, 2.05) is 13.8 Å². The van der Waals surface area contributed by atoms with Crippen LogP contribution in [0.1, 0.15) is 38.7 Å². The summed E-state index contributed by atoms with van der Waals surface area (Å²) in [6.07, 6.45) is 0.586. The van der Waals surface area contributed by atoms with Crippen molar-refractivity contribution in [2.75, 3.05) is 0 Å². The molecule has 0 aromatic heterocycles. The first-order valence-corrected chi connectivity index (χ1v) is 5.91. The molecule has 0 saturated heterocycles. The van der Waals surface area contributed by atoms with Crippen LogP contribution >= 0.6 is 0 Å². The fourth-order valence-electron chi connectivity index (χ4n) is 1.79. The standard InChI is InChI=1S/C14H18O4/c1-9(2)8-13(14(16)17)11-4-6-12(7-5-11)18-10(3)15/h4-7,9,13H,8H2,1-3H3,(H,16,17). The molecular formula is C14H18O4. The fraction of sp³-hybridized carbons (Fsp3) is 0.429. The van der Waals surface area contributed by atoms with E-state index in [1.54, 1.807) is 24.3 Å². The SMILES string of the molecule is CC(=O)Oc1ccc(C(CC(C)C)C(=O)O)cc1. The van der Waals surface area contributed by atoms with Gasteiger partial charge in [-0.2, -0.15) is 0 Å². The Hall–Kier alpha value is -1.84. The number of ether oxygens (including phenoxy) is 1. The van der Waals surface area contributed by atoms with Crippen LogP contribution in [0.3, 0.4) is 0 Å². The average molecular weight is 250 g/mol. The molecule has 18 heavy (non-hydrogen) atoms. The van der Waals surface area contributed by atoms with E-state index in [0.717, 1.165) is 5.56 Å². The maximum atomic E-state index is 11.2. The monoisotopic (exact) mass is 250 g/mol. The summed E-state index contributed by atoms with van der Waals surface area (Å²) in [6.45, 7) is 5.30. The van der Waals surface area contributed by atoms with E-state index < -0.39 is 11.9 Å². The van der Waals surface area contributed by atoms with Gasteiger partial charge in [0.2, 0.25) is 0 Å². The highest BCUT2D eigenvalue weighted by Crippen LogP contribution is 2.26. The number of carboxylic acid groups (broad SMARTS) is 1. The second-order valence-corrected chi connectivity index (χ2v) is 4.68. The molecule has 1 unspecified atom stereocenters. The lowest BCUT2D eigenvalue weighted by Crippen LogP contribution is -2.14. The summed E-state index contributed by atoms with van der Waals surface area (Å²) in [5, 5.41) is 9.20. The zero-order valence-electron chi connectivity index (χ0n) is 10.8. The number of esters is 1. The van der Waals surface area contributed by atoms with Crippen molar-refractivity contribution in [3.8, 4) is 5.75 Å². The molecule has 4 nitrogen and oxygen atoms in total. The molecule has 1 aromatic carbocycles. The smallest absolute Gasteiger partial charge is 0.310 e. The van der Waals surface area contributed by atoms with Gasteiger partial charge < -0.3 is 9.84 Å². The van der Waals surface area contributed by atoms with Gasteiger partial charge in [-0.3, -0.25) is 9.59 Å². The van der Waals surface area contributed by atoms with Crippen LogP contribution in [0.4, 0.5) is 0 Å². The molecule has 0 aliphatic carbocycles. The van der Waals surface area contributed by atoms with Crippen LogP contribution in [0.2, 0.25) is 0 Å². The molecule has 0 spiro atoms. The third kappa shape index (κ3) is 4.20. The minimum Gasteiger partial charge on any atom is -0.481 e. The normalized spacial score (nSPS) is 12.2. The van der Waals surface area contributed by atoms with Crippen molar-refractivity contribution in [3.63, 3.8) is 0 Å². The highest BCUT2D eigenvalue weighted by atomic mass is 16.5. The third-order valence-electron chi connectivity index (χ3n) is 2.55. The summed E-state index contributed by atoms with van der Waals surface area (Å²) in [7, 11) is 0. The Labute approximate surface area is 107 Å². The van der Waals surface area contributed by atoms with Crippen molar-refractivity contribution < 1.29 is 19.4 Å². The van der Waals surface area contributed by atoms with E-state index in [4.69, 9.17) is 4.74 Å². The Morgan fingerprint density at radius 3 is 2.17 bits per heavy atom. The number of aliphatic carboxylic acids is 1. The predicted octanol–water partition coefficient (Wildman–Crippen LogP) is 2.83. The van der Waals surface area contributed by atoms with Crippen molar-refractivity contribution in [2.45, 2.75) is 33.1 Å². The molecule has 1 N–H and O–H groups in total. The van der Waals surface area contributed by atoms with Crippen molar-refractivity contribution >= 4 is 11.9 Å². The van der Waals surface area contributed by atoms with E-state index >= 15 is 0 Å². The highest BCUT2D eigenvalue weighted by Gasteiger charge is 2.20. The first-order chi connectivity index (χ1) is 8.40. The van der Waals surface area contributed by atoms with E-state index in [-0.39, 0.29) is 5.97 Å². The van der Waals surface area contributed by atoms with Gasteiger partial charge in [0.15, 0.2) is 0 Å². The van der Waals surface area contributed by atoms with Gasteiger partial charge in [-0.05, 0) is 30.0 Å². The summed E-state index contributed by atoms with van der Waals surface area (Å²) < 4.78 is 4.90. The van der Waals surface area contributed by atoms with Gasteiger partial charge in [0.1, 0.15) is 5.75 Å². The van der Waals surface area contributed by atoms with Crippen LogP contribution < -0.4 is 4.74 Å². The molecule has 4 heteroatoms. The second-order valence-electron chi connectivity index (χ2n) is 4.68. The van der Waals surface area contributed by atoms with Gasteiger partial charge in [0.25, 0.3) is 0 Å². The zero-order chi connectivity index (χ0) is 13.7. The molecule has 1 rings (SSSR count). The molecule has 0 aliphatic rings. The van der Waals surface area contributed by atoms with Crippen molar-refractivity contribution in [3.05, 3.63) is 29.8 Å². The molecular weight excluding hydrogens is 232 g/mol. The van der Waals surface area contributed by atoms with E-state index in [1.165, 1.54) is 6.92 Å². The lowest BCUT2D eigenvalue weighted by Gasteiger charge is -2.15. The molecule has 0 fully saturated rings. The summed E-state index contributed by atoms with van der Waals surface area (Å²) in [5.41, 5.74) is 0.729. The van der Waals surface area contributed by atoms with Gasteiger partial charge in [-0.25, -0.2) is 0 Å². The lowest BCUT2D eigenvalue weighted by atomic mass is 9.90. The molecule has 0 heterocycles. The van der Waals surface area contributed by atoms with Crippen LogP contribution in [-0.4, -0.2) is 17.0 Å². The van der Waals surface area contributed by atoms with Crippen LogP contribution in [0.15, 0.2) is 24.3 Å². The predicted molar refractivity (Wildman–Crippen MR) is 67.6 cm³/mol. The van der Waals surface area contributed by atoms with Crippen molar-refractivity contribution in [1.82, 2.24) is 0 Å². The van der Waals surface area contributed by atoms with Gasteiger partial charge in [0.05, 0.1) is 5.92 Å². The molecule has 1 atom stereocenters. The van der Waals surface area contributed by atoms with Crippen LogP contribution in [0.25, 0.3) is 0 Å². The van der Waals surface area contributed by atoms with Gasteiger partial charge in [0, 0.05) is 6.92 Å². The summed E-state index contributed by atoms with van der Waals surface area (Å²) in [6, 6.07) is 6.62. The first kappa shape index (κ1) is 14.2. The van der Waals surface area contributed by atoms with Gasteiger partial charge in [-0.15, -0.1) is 0 Å². The largest absolute Gasteiger partial charge is 0.481 e. The highest BCUT2D eigenvalue weighted by molar-refractivity contribution is 5.76. The number of benzene rings is 1. The maximum absolute atomic E-state index is 11.2. The first-order valence-electron chi connectivity index (χ1n) is 5.91. The minimum atomic E-state index is -0.830. The number of carbonyl (C=O) groups excluding carboxylic acids is 1. The van der Waals surface area contributed by atoms with Crippen LogP contribution in [-0.2, 0) is 9.59 Å². The van der Waals surface area contributed by atoms with E-state index in [2.05, 4.69) is 0 Å². The summed E-state index contributed by atoms with van der Waals surface area (Å²) in [5.74, 6) is -1.00. The topological polar surface area (TPSA) is 63.6 Å². The van der Waals surface area contributed by atoms with Gasteiger partial charge >= 0.3 is 11.9 Å². The Morgan fingerprint density at radius 2 is 1.78 bits per heavy atom. The Morgan fingerprint density at radius 1 is 1.22 bits per heavy atom. The third-order valence-corrected chi connectivity index (χ3v) is 2.55. The number of carboxylic acids is 1. The number of hydrogen-bond acceptors (Lipinski definition) is 3. The number of carbonyl (C=O) groups is 2. The number of hydrogen-bond donors (Lipinski definition) is 1. The average Bonchev–Trinajstić information content (AvgIpc) is 2.26. The molecule has 0 radical (unpaired) electrons. The van der Waals surface area contributed by atoms with E-state index in [9.17, 15) is 14.7 Å². The van der Waals surface area contributed by atoms with Gasteiger partial charge in [-0.1, -0.05) is 26.0 Å². The second kappa shape index (κ2) is 6.19. The molecule has 1 aromatic rings. The Kier molecular flexibility index (Phi) is 4.89. The molecule has 0 saturated carbocycles. The molecule has 0 aliphatic heterocycles. The summed E-state index contributed by atoms with van der Waals surface area (Å²) in [4.78, 5) is 22.0. The van der Waals surface area contributed by atoms with Crippen molar-refractivity contribution in [2.24, 2.45) is 5.92 Å². The zero-order valence-corrected chi connectivity index (χ0v) is 10.8. The minimum absolute atomic E-state index is 0.305. The fourth-order valence-corrected chi connectivity index (χ4v) is 1.79. The molecule has 0 amide bonds. The quantitative estimate of drug-likeness (QED) is 0.644. The van der Waals surface area contributed by atoms with Crippen LogP contribution in [0, 0.1) is 5.92 Å². The molecule has 98 valence electrons. The van der Waals surface area contributed by atoms with E-state index in [0.29, 0.717) is 18.1 Å². The number of rotatable bonds is 5. The van der Waals surface area contributed by atoms with Crippen LogP contribution in [0.5, 0.6) is 5.75 Å². The molecule has 0 bridgehead atoms. The summed E-state index contributed by atoms with van der Waals surface area (Å²) >= 11 is 0. The Balaban J connectivity index is 2.86. The lowest BCUT2D eigenvalue weighted by molar-refractivity contribution is -0.139. The van der Waals surface area contributed by atoms with Crippen molar-refractivity contribution in [1.29, 1.82) is 0 Å². The Bertz CT molecular complexity index is 420.